The van der Waals surface area contributed by atoms with E-state index in [0.29, 0.717) is 5.69 Å². The fourth-order valence-electron chi connectivity index (χ4n) is 1.31. The Morgan fingerprint density at radius 2 is 2.13 bits per heavy atom. The molecule has 2 rings (SSSR count). The fraction of sp³-hybridized carbons (Fsp3) is 0. The molecule has 0 saturated heterocycles. The molecule has 0 unspecified atom stereocenters. The second kappa shape index (κ2) is 4.00. The van der Waals surface area contributed by atoms with Crippen LogP contribution in [0.1, 0.15) is 0 Å². The SMILES string of the molecule is Oc1[nH]c2ccccc2c1N=NC(=S)S. The molecule has 4 nitrogen and oxygen atoms in total. The first kappa shape index (κ1) is 10.1. The van der Waals surface area contributed by atoms with E-state index in [1.807, 2.05) is 24.3 Å². The molecule has 0 spiro atoms. The summed E-state index contributed by atoms with van der Waals surface area (Å²) in [7, 11) is 0. The van der Waals surface area contributed by atoms with Gasteiger partial charge in [0.15, 0.2) is 10.0 Å². The zero-order chi connectivity index (χ0) is 10.8. The minimum absolute atomic E-state index is 0.0236. The van der Waals surface area contributed by atoms with Gasteiger partial charge >= 0.3 is 0 Å². The monoisotopic (exact) mass is 237 g/mol. The number of azo groups is 1. The van der Waals surface area contributed by atoms with Gasteiger partial charge in [-0.2, -0.15) is 0 Å². The minimum Gasteiger partial charge on any atom is -0.493 e. The van der Waals surface area contributed by atoms with E-state index in [2.05, 4.69) is 40.1 Å². The molecule has 2 aromatic rings. The van der Waals surface area contributed by atoms with E-state index in [-0.39, 0.29) is 10.2 Å². The Kier molecular flexibility index (Phi) is 2.70. The van der Waals surface area contributed by atoms with E-state index < -0.39 is 0 Å². The highest BCUT2D eigenvalue weighted by atomic mass is 32.1. The maximum atomic E-state index is 9.57. The molecule has 0 saturated carbocycles. The number of para-hydroxylation sites is 1. The number of fused-ring (bicyclic) bond motifs is 1. The Morgan fingerprint density at radius 1 is 1.40 bits per heavy atom. The molecular weight excluding hydrogens is 230 g/mol. The first-order chi connectivity index (χ1) is 7.18. The predicted molar refractivity (Wildman–Crippen MR) is 66.1 cm³/mol. The van der Waals surface area contributed by atoms with Crippen molar-refractivity contribution < 1.29 is 5.11 Å². The third-order valence-corrected chi connectivity index (χ3v) is 2.07. The van der Waals surface area contributed by atoms with Crippen LogP contribution in [0.15, 0.2) is 34.5 Å². The van der Waals surface area contributed by atoms with Gasteiger partial charge in [0.2, 0.25) is 5.88 Å². The first-order valence-corrected chi connectivity index (χ1v) is 4.98. The number of thiol groups is 1. The van der Waals surface area contributed by atoms with Gasteiger partial charge in [-0.3, -0.25) is 0 Å². The number of rotatable bonds is 1. The summed E-state index contributed by atoms with van der Waals surface area (Å²) in [5.74, 6) is -0.0236. The van der Waals surface area contributed by atoms with Crippen LogP contribution in [-0.2, 0) is 0 Å². The van der Waals surface area contributed by atoms with Gasteiger partial charge in [-0.25, -0.2) is 0 Å². The lowest BCUT2D eigenvalue weighted by Crippen LogP contribution is -1.69. The van der Waals surface area contributed by atoms with E-state index in [9.17, 15) is 5.11 Å². The molecular formula is C9H7N3OS2. The van der Waals surface area contributed by atoms with E-state index in [1.54, 1.807) is 0 Å². The van der Waals surface area contributed by atoms with Gasteiger partial charge in [0.05, 0.1) is 5.52 Å². The molecule has 15 heavy (non-hydrogen) atoms. The molecule has 0 aliphatic heterocycles. The summed E-state index contributed by atoms with van der Waals surface area (Å²) in [6.07, 6.45) is 0. The van der Waals surface area contributed by atoms with Crippen molar-refractivity contribution in [3.8, 4) is 5.88 Å². The summed E-state index contributed by atoms with van der Waals surface area (Å²) in [4.78, 5) is 2.78. The normalized spacial score (nSPS) is 11.3. The van der Waals surface area contributed by atoms with Crippen LogP contribution in [0.25, 0.3) is 10.9 Å². The lowest BCUT2D eigenvalue weighted by molar-refractivity contribution is 0.459. The molecule has 6 heteroatoms. The van der Waals surface area contributed by atoms with Crippen LogP contribution in [-0.4, -0.2) is 14.4 Å². The summed E-state index contributed by atoms with van der Waals surface area (Å²) >= 11 is 8.46. The molecule has 0 amide bonds. The number of nitrogens with zero attached hydrogens (tertiary/aromatic N) is 2. The maximum Gasteiger partial charge on any atom is 0.218 e. The predicted octanol–water partition coefficient (Wildman–Crippen LogP) is 3.17. The van der Waals surface area contributed by atoms with Crippen molar-refractivity contribution in [2.75, 3.05) is 0 Å². The van der Waals surface area contributed by atoms with Crippen molar-refractivity contribution >= 4 is 45.8 Å². The van der Waals surface area contributed by atoms with E-state index >= 15 is 0 Å². The molecule has 0 bridgehead atoms. The van der Waals surface area contributed by atoms with Crippen LogP contribution in [0.2, 0.25) is 0 Å². The Bertz CT molecular complexity index is 547. The number of benzene rings is 1. The summed E-state index contributed by atoms with van der Waals surface area (Å²) < 4.78 is 0.125. The average molecular weight is 237 g/mol. The van der Waals surface area contributed by atoms with Gasteiger partial charge in [0, 0.05) is 5.39 Å². The Morgan fingerprint density at radius 3 is 2.87 bits per heavy atom. The van der Waals surface area contributed by atoms with Crippen molar-refractivity contribution in [2.24, 2.45) is 10.2 Å². The van der Waals surface area contributed by atoms with Crippen LogP contribution in [0.4, 0.5) is 5.69 Å². The third kappa shape index (κ3) is 2.00. The molecule has 1 aromatic carbocycles. The van der Waals surface area contributed by atoms with E-state index in [1.165, 1.54) is 0 Å². The number of H-pyrrole nitrogens is 1. The van der Waals surface area contributed by atoms with Gasteiger partial charge in [-0.05, 0) is 18.3 Å². The standard InChI is InChI=1S/C9H7N3OS2/c13-8-7(11-12-9(14)15)5-3-1-2-4-6(5)10-8/h1-4,10,13H,(H,14,15). The molecule has 2 N–H and O–H groups in total. The number of aromatic hydroxyl groups is 1. The van der Waals surface area contributed by atoms with Crippen LogP contribution < -0.4 is 0 Å². The highest BCUT2D eigenvalue weighted by Gasteiger charge is 2.08. The van der Waals surface area contributed by atoms with Crippen molar-refractivity contribution in [2.45, 2.75) is 0 Å². The largest absolute Gasteiger partial charge is 0.493 e. The van der Waals surface area contributed by atoms with E-state index in [4.69, 9.17) is 0 Å². The number of hydrogen-bond acceptors (Lipinski definition) is 3. The topological polar surface area (TPSA) is 60.7 Å². The number of thiocarbonyl (C=S) groups is 1. The Balaban J connectivity index is 2.59. The quantitative estimate of drug-likeness (QED) is 0.405. The van der Waals surface area contributed by atoms with Crippen LogP contribution >= 0.6 is 24.8 Å². The molecule has 0 atom stereocenters. The molecule has 1 aromatic heterocycles. The molecule has 0 aliphatic rings. The van der Waals surface area contributed by atoms with Crippen molar-refractivity contribution in [3.63, 3.8) is 0 Å². The average Bonchev–Trinajstić information content (AvgIpc) is 2.50. The lowest BCUT2D eigenvalue weighted by atomic mass is 10.2. The van der Waals surface area contributed by atoms with Crippen molar-refractivity contribution in [1.29, 1.82) is 0 Å². The van der Waals surface area contributed by atoms with Gasteiger partial charge < -0.3 is 10.1 Å². The van der Waals surface area contributed by atoms with Crippen molar-refractivity contribution in [1.82, 2.24) is 4.98 Å². The van der Waals surface area contributed by atoms with Crippen LogP contribution in [0.3, 0.4) is 0 Å². The Hall–Kier alpha value is -1.40. The lowest BCUT2D eigenvalue weighted by Gasteiger charge is -1.89. The van der Waals surface area contributed by atoms with Gasteiger partial charge in [-0.15, -0.1) is 22.9 Å². The third-order valence-electron chi connectivity index (χ3n) is 1.90. The summed E-state index contributed by atoms with van der Waals surface area (Å²) in [5, 5.41) is 17.8. The van der Waals surface area contributed by atoms with Crippen molar-refractivity contribution in [3.05, 3.63) is 24.3 Å². The van der Waals surface area contributed by atoms with Gasteiger partial charge in [-0.1, -0.05) is 18.2 Å². The summed E-state index contributed by atoms with van der Waals surface area (Å²) in [6, 6.07) is 7.39. The smallest absolute Gasteiger partial charge is 0.218 e. The number of hydrogen-bond donors (Lipinski definition) is 3. The molecule has 0 radical (unpaired) electrons. The number of aromatic nitrogens is 1. The number of aromatic amines is 1. The highest BCUT2D eigenvalue weighted by Crippen LogP contribution is 2.35. The van der Waals surface area contributed by atoms with Crippen LogP contribution in [0.5, 0.6) is 5.88 Å². The van der Waals surface area contributed by atoms with Gasteiger partial charge in [0.25, 0.3) is 0 Å². The summed E-state index contributed by atoms with van der Waals surface area (Å²) in [6.45, 7) is 0. The second-order valence-electron chi connectivity index (χ2n) is 2.85. The zero-order valence-electron chi connectivity index (χ0n) is 7.51. The minimum atomic E-state index is -0.0236. The first-order valence-electron chi connectivity index (χ1n) is 4.13. The molecule has 0 aliphatic carbocycles. The highest BCUT2D eigenvalue weighted by molar-refractivity contribution is 8.11. The molecule has 0 fully saturated rings. The van der Waals surface area contributed by atoms with Crippen LogP contribution in [0, 0.1) is 0 Å². The molecule has 76 valence electrons. The maximum absolute atomic E-state index is 9.57. The zero-order valence-corrected chi connectivity index (χ0v) is 9.22. The molecule has 1 heterocycles. The number of nitrogens with one attached hydrogen (secondary N) is 1. The Labute approximate surface area is 96.4 Å². The fourth-order valence-corrected chi connectivity index (χ4v) is 1.39. The second-order valence-corrected chi connectivity index (χ2v) is 3.96. The van der Waals surface area contributed by atoms with Gasteiger partial charge in [0.1, 0.15) is 0 Å². The van der Waals surface area contributed by atoms with E-state index in [0.717, 1.165) is 10.9 Å². The summed E-state index contributed by atoms with van der Waals surface area (Å²) in [5.41, 5.74) is 1.18.